The van der Waals surface area contributed by atoms with Crippen molar-refractivity contribution in [2.24, 2.45) is 0 Å². The summed E-state index contributed by atoms with van der Waals surface area (Å²) in [7, 11) is 0. The average Bonchev–Trinajstić information content (AvgIpc) is 2.26. The van der Waals surface area contributed by atoms with Gasteiger partial charge < -0.3 is 10.1 Å². The van der Waals surface area contributed by atoms with Crippen LogP contribution in [0.1, 0.15) is 31.9 Å². The Bertz CT molecular complexity index is 361. The summed E-state index contributed by atoms with van der Waals surface area (Å²) in [5, 5.41) is 3.37. The van der Waals surface area contributed by atoms with Gasteiger partial charge in [0.15, 0.2) is 0 Å². The molecule has 1 aromatic rings. The van der Waals surface area contributed by atoms with E-state index in [0.717, 1.165) is 11.1 Å². The summed E-state index contributed by atoms with van der Waals surface area (Å²) in [4.78, 5) is 0. The van der Waals surface area contributed by atoms with Crippen molar-refractivity contribution in [1.29, 1.82) is 0 Å². The summed E-state index contributed by atoms with van der Waals surface area (Å²) in [6, 6.07) is 7.73. The van der Waals surface area contributed by atoms with E-state index in [0.29, 0.717) is 6.54 Å². The van der Waals surface area contributed by atoms with Crippen LogP contribution in [-0.4, -0.2) is 18.6 Å². The minimum atomic E-state index is -2.41. The molecule has 0 aliphatic rings. The highest BCUT2D eigenvalue weighted by Crippen LogP contribution is 2.12. The zero-order chi connectivity index (χ0) is 13.6. The van der Waals surface area contributed by atoms with Crippen LogP contribution >= 0.6 is 0 Å². The van der Waals surface area contributed by atoms with E-state index < -0.39 is 13.0 Å². The van der Waals surface area contributed by atoms with Gasteiger partial charge in [-0.25, -0.2) is 8.78 Å². The van der Waals surface area contributed by atoms with E-state index >= 15 is 0 Å². The van der Waals surface area contributed by atoms with E-state index in [-0.39, 0.29) is 12.1 Å². The highest BCUT2D eigenvalue weighted by Gasteiger charge is 2.10. The molecule has 0 unspecified atom stereocenters. The number of nitrogens with one attached hydrogen (secondary N) is 1. The first-order chi connectivity index (χ1) is 8.38. The molecule has 4 heteroatoms. The van der Waals surface area contributed by atoms with Gasteiger partial charge in [-0.2, -0.15) is 0 Å². The summed E-state index contributed by atoms with van der Waals surface area (Å²) < 4.78 is 29.0. The lowest BCUT2D eigenvalue weighted by Crippen LogP contribution is -2.35. The van der Waals surface area contributed by atoms with Crippen LogP contribution in [0.25, 0.3) is 0 Å². The molecule has 0 radical (unpaired) electrons. The summed E-state index contributed by atoms with van der Waals surface area (Å²) in [6.07, 6.45) is -2.41. The van der Waals surface area contributed by atoms with Crippen molar-refractivity contribution in [1.82, 2.24) is 5.32 Å². The Morgan fingerprint density at radius 1 is 1.17 bits per heavy atom. The Hall–Kier alpha value is -1.00. The molecule has 0 atom stereocenters. The molecule has 0 aliphatic carbocycles. The fourth-order valence-electron chi connectivity index (χ4n) is 1.49. The van der Waals surface area contributed by atoms with Crippen molar-refractivity contribution in [2.75, 3.05) is 6.61 Å². The fourth-order valence-corrected chi connectivity index (χ4v) is 1.49. The number of halogens is 2. The molecule has 2 nitrogen and oxygen atoms in total. The van der Waals surface area contributed by atoms with Gasteiger partial charge >= 0.3 is 0 Å². The standard InChI is InChI=1S/C14H21F2NO/c1-14(2,3)17-8-11-6-4-5-7-12(11)9-18-10-13(15)16/h4-7,13,17H,8-10H2,1-3H3. The zero-order valence-corrected chi connectivity index (χ0v) is 11.2. The third kappa shape index (κ3) is 6.07. The van der Waals surface area contributed by atoms with Crippen molar-refractivity contribution in [3.05, 3.63) is 35.4 Å². The van der Waals surface area contributed by atoms with Gasteiger partial charge in [0.2, 0.25) is 0 Å². The number of rotatable bonds is 6. The molecule has 0 amide bonds. The highest BCUT2D eigenvalue weighted by atomic mass is 19.3. The molecule has 0 heterocycles. The van der Waals surface area contributed by atoms with Gasteiger partial charge in [0.05, 0.1) is 6.61 Å². The average molecular weight is 257 g/mol. The number of hydrogen-bond acceptors (Lipinski definition) is 2. The molecule has 18 heavy (non-hydrogen) atoms. The molecule has 0 spiro atoms. The molecule has 0 saturated heterocycles. The minimum Gasteiger partial charge on any atom is -0.371 e. The first-order valence-electron chi connectivity index (χ1n) is 6.06. The van der Waals surface area contributed by atoms with Crippen molar-refractivity contribution >= 4 is 0 Å². The number of ether oxygens (including phenoxy) is 1. The first-order valence-corrected chi connectivity index (χ1v) is 6.06. The normalized spacial score (nSPS) is 12.1. The second-order valence-corrected chi connectivity index (χ2v) is 5.28. The maximum Gasteiger partial charge on any atom is 0.261 e. The Labute approximate surface area is 107 Å². The Morgan fingerprint density at radius 2 is 1.78 bits per heavy atom. The molecule has 1 aromatic carbocycles. The summed E-state index contributed by atoms with van der Waals surface area (Å²) >= 11 is 0. The number of alkyl halides is 2. The third-order valence-corrected chi connectivity index (χ3v) is 2.43. The van der Waals surface area contributed by atoms with E-state index in [2.05, 4.69) is 26.1 Å². The van der Waals surface area contributed by atoms with Gasteiger partial charge in [-0.15, -0.1) is 0 Å². The topological polar surface area (TPSA) is 21.3 Å². The Balaban J connectivity index is 2.56. The minimum absolute atomic E-state index is 0.0247. The SMILES string of the molecule is CC(C)(C)NCc1ccccc1COCC(F)F. The molecule has 0 bridgehead atoms. The molecule has 0 aliphatic heterocycles. The van der Waals surface area contributed by atoms with Gasteiger partial charge in [0, 0.05) is 12.1 Å². The molecule has 0 fully saturated rings. The van der Waals surface area contributed by atoms with Crippen LogP contribution in [0.5, 0.6) is 0 Å². The second kappa shape index (κ2) is 6.81. The maximum atomic E-state index is 12.0. The van der Waals surface area contributed by atoms with Crippen LogP contribution in [0, 0.1) is 0 Å². The van der Waals surface area contributed by atoms with Crippen molar-refractivity contribution < 1.29 is 13.5 Å². The Morgan fingerprint density at radius 3 is 2.33 bits per heavy atom. The van der Waals surface area contributed by atoms with Crippen LogP contribution in [0.3, 0.4) is 0 Å². The molecule has 102 valence electrons. The lowest BCUT2D eigenvalue weighted by Gasteiger charge is -2.21. The molecule has 1 N–H and O–H groups in total. The van der Waals surface area contributed by atoms with Gasteiger partial charge in [0.25, 0.3) is 6.43 Å². The smallest absolute Gasteiger partial charge is 0.261 e. The van der Waals surface area contributed by atoms with E-state index in [1.807, 2.05) is 24.3 Å². The fraction of sp³-hybridized carbons (Fsp3) is 0.571. The van der Waals surface area contributed by atoms with E-state index in [9.17, 15) is 8.78 Å². The van der Waals surface area contributed by atoms with Gasteiger partial charge in [-0.05, 0) is 31.9 Å². The second-order valence-electron chi connectivity index (χ2n) is 5.28. The van der Waals surface area contributed by atoms with E-state index in [1.165, 1.54) is 0 Å². The van der Waals surface area contributed by atoms with Crippen molar-refractivity contribution in [3.8, 4) is 0 Å². The van der Waals surface area contributed by atoms with Crippen LogP contribution in [0.4, 0.5) is 8.78 Å². The first kappa shape index (κ1) is 15.1. The van der Waals surface area contributed by atoms with Gasteiger partial charge in [-0.3, -0.25) is 0 Å². The zero-order valence-electron chi connectivity index (χ0n) is 11.2. The molecular formula is C14H21F2NO. The molecule has 0 saturated carbocycles. The largest absolute Gasteiger partial charge is 0.371 e. The van der Waals surface area contributed by atoms with Gasteiger partial charge in [-0.1, -0.05) is 24.3 Å². The monoisotopic (exact) mass is 257 g/mol. The number of hydrogen-bond donors (Lipinski definition) is 1. The summed E-state index contributed by atoms with van der Waals surface area (Å²) in [6.45, 7) is 6.68. The molecular weight excluding hydrogens is 236 g/mol. The predicted octanol–water partition coefficient (Wildman–Crippen LogP) is 3.36. The van der Waals surface area contributed by atoms with Crippen molar-refractivity contribution in [3.63, 3.8) is 0 Å². The quantitative estimate of drug-likeness (QED) is 0.843. The van der Waals surface area contributed by atoms with Crippen LogP contribution in [0.2, 0.25) is 0 Å². The highest BCUT2D eigenvalue weighted by molar-refractivity contribution is 5.26. The molecule has 0 aromatic heterocycles. The summed E-state index contributed by atoms with van der Waals surface area (Å²) in [5.41, 5.74) is 2.06. The van der Waals surface area contributed by atoms with Crippen LogP contribution in [-0.2, 0) is 17.9 Å². The Kier molecular flexibility index (Phi) is 5.69. The van der Waals surface area contributed by atoms with Crippen LogP contribution in [0.15, 0.2) is 24.3 Å². The van der Waals surface area contributed by atoms with E-state index in [1.54, 1.807) is 0 Å². The summed E-state index contributed by atoms with van der Waals surface area (Å²) in [5.74, 6) is 0. The molecule has 1 rings (SSSR count). The number of benzene rings is 1. The van der Waals surface area contributed by atoms with Gasteiger partial charge in [0.1, 0.15) is 6.61 Å². The predicted molar refractivity (Wildman–Crippen MR) is 68.7 cm³/mol. The third-order valence-electron chi connectivity index (χ3n) is 2.43. The maximum absolute atomic E-state index is 12.0. The van der Waals surface area contributed by atoms with Crippen LogP contribution < -0.4 is 5.32 Å². The van der Waals surface area contributed by atoms with E-state index in [4.69, 9.17) is 4.74 Å². The van der Waals surface area contributed by atoms with Crippen molar-refractivity contribution in [2.45, 2.75) is 45.9 Å². The lowest BCUT2D eigenvalue weighted by molar-refractivity contribution is 0.00963. The lowest BCUT2D eigenvalue weighted by atomic mass is 10.1.